The zero-order valence-corrected chi connectivity index (χ0v) is 11.8. The molecule has 1 aliphatic rings. The fourth-order valence-electron chi connectivity index (χ4n) is 2.83. The topological polar surface area (TPSA) is 64.4 Å². The predicted octanol–water partition coefficient (Wildman–Crippen LogP) is 2.89. The minimum atomic E-state index is -0.943. The van der Waals surface area contributed by atoms with Crippen molar-refractivity contribution in [2.24, 2.45) is 0 Å². The molecule has 6 heteroatoms. The van der Waals surface area contributed by atoms with Gasteiger partial charge in [-0.3, -0.25) is 0 Å². The van der Waals surface area contributed by atoms with Crippen molar-refractivity contribution in [3.05, 3.63) is 29.8 Å². The lowest BCUT2D eigenvalue weighted by Crippen LogP contribution is -2.19. The van der Waals surface area contributed by atoms with E-state index >= 15 is 0 Å². The maximum absolute atomic E-state index is 13.5. The Hall–Kier alpha value is -1.95. The molecule has 5 nitrogen and oxygen atoms in total. The second-order valence-corrected chi connectivity index (χ2v) is 5.28. The highest BCUT2D eigenvalue weighted by molar-refractivity contribution is 5.76. The van der Waals surface area contributed by atoms with Crippen molar-refractivity contribution in [3.8, 4) is 0 Å². The van der Waals surface area contributed by atoms with Crippen LogP contribution in [-0.2, 0) is 16.1 Å². The average molecular weight is 292 g/mol. The minimum absolute atomic E-state index is 0.304. The number of imidazole rings is 1. The van der Waals surface area contributed by atoms with Gasteiger partial charge in [-0.05, 0) is 37.5 Å². The van der Waals surface area contributed by atoms with Crippen LogP contribution < -0.4 is 0 Å². The van der Waals surface area contributed by atoms with Gasteiger partial charge in [-0.25, -0.2) is 14.2 Å². The molecule has 112 valence electrons. The molecule has 1 aromatic carbocycles. The molecule has 0 spiro atoms. The van der Waals surface area contributed by atoms with E-state index in [0.717, 1.165) is 11.9 Å². The molecule has 1 fully saturated rings. The average Bonchev–Trinajstić information content (AvgIpc) is 3.04. The molecule has 2 aromatic rings. The van der Waals surface area contributed by atoms with E-state index in [0.29, 0.717) is 30.7 Å². The third kappa shape index (κ3) is 2.51. The summed E-state index contributed by atoms with van der Waals surface area (Å²) in [5.74, 6) is -0.551. The maximum Gasteiger partial charge on any atom is 0.332 e. The van der Waals surface area contributed by atoms with Gasteiger partial charge in [-0.15, -0.1) is 0 Å². The first-order chi connectivity index (χ1) is 10.1. The summed E-state index contributed by atoms with van der Waals surface area (Å²) in [5, 5.41) is 9.02. The standard InChI is InChI=1S/C15H17FN2O3/c1-2-7-18-11-8-9(16)3-4-10(11)17-14(18)12-5-6-13(21-12)15(19)20/h3-4,8,12-13H,2,5-7H2,1H3,(H,19,20). The van der Waals surface area contributed by atoms with Gasteiger partial charge < -0.3 is 14.4 Å². The molecule has 2 heterocycles. The van der Waals surface area contributed by atoms with Crippen LogP contribution in [-0.4, -0.2) is 26.7 Å². The Kier molecular flexibility index (Phi) is 3.63. The zero-order chi connectivity index (χ0) is 15.0. The molecule has 21 heavy (non-hydrogen) atoms. The van der Waals surface area contributed by atoms with Crippen molar-refractivity contribution in [3.63, 3.8) is 0 Å². The highest BCUT2D eigenvalue weighted by Crippen LogP contribution is 2.34. The molecule has 1 N–H and O–H groups in total. The summed E-state index contributed by atoms with van der Waals surface area (Å²) in [5.41, 5.74) is 1.44. The highest BCUT2D eigenvalue weighted by atomic mass is 19.1. The molecule has 1 aliphatic heterocycles. The summed E-state index contributed by atoms with van der Waals surface area (Å²) >= 11 is 0. The lowest BCUT2D eigenvalue weighted by molar-refractivity contribution is -0.149. The molecule has 0 bridgehead atoms. The Morgan fingerprint density at radius 3 is 3.00 bits per heavy atom. The van der Waals surface area contributed by atoms with Crippen LogP contribution in [0.25, 0.3) is 11.0 Å². The molecule has 0 radical (unpaired) electrons. The molecule has 2 unspecified atom stereocenters. The van der Waals surface area contributed by atoms with Crippen LogP contribution in [0.15, 0.2) is 18.2 Å². The van der Waals surface area contributed by atoms with Crippen molar-refractivity contribution in [2.75, 3.05) is 0 Å². The molecule has 0 saturated carbocycles. The van der Waals surface area contributed by atoms with Crippen LogP contribution in [0.3, 0.4) is 0 Å². The lowest BCUT2D eigenvalue weighted by Gasteiger charge is -2.13. The van der Waals surface area contributed by atoms with Crippen LogP contribution in [0.5, 0.6) is 0 Å². The second-order valence-electron chi connectivity index (χ2n) is 5.28. The lowest BCUT2D eigenvalue weighted by atomic mass is 10.2. The third-order valence-corrected chi connectivity index (χ3v) is 3.77. The normalized spacial score (nSPS) is 22.0. The fourth-order valence-corrected chi connectivity index (χ4v) is 2.83. The van der Waals surface area contributed by atoms with Gasteiger partial charge in [0.15, 0.2) is 6.10 Å². The Morgan fingerprint density at radius 1 is 1.52 bits per heavy atom. The summed E-state index contributed by atoms with van der Waals surface area (Å²) in [7, 11) is 0. The molecular weight excluding hydrogens is 275 g/mol. The van der Waals surface area contributed by atoms with Crippen LogP contribution in [0.1, 0.15) is 38.1 Å². The Labute approximate surface area is 121 Å². The van der Waals surface area contributed by atoms with Crippen molar-refractivity contribution in [1.29, 1.82) is 0 Å². The van der Waals surface area contributed by atoms with E-state index in [1.807, 2.05) is 11.5 Å². The fraction of sp³-hybridized carbons (Fsp3) is 0.467. The molecular formula is C15H17FN2O3. The van der Waals surface area contributed by atoms with Gasteiger partial charge in [0.2, 0.25) is 0 Å². The van der Waals surface area contributed by atoms with Gasteiger partial charge in [0, 0.05) is 6.54 Å². The number of rotatable bonds is 4. The quantitative estimate of drug-likeness (QED) is 0.941. The van der Waals surface area contributed by atoms with Gasteiger partial charge in [0.25, 0.3) is 0 Å². The Balaban J connectivity index is 2.01. The van der Waals surface area contributed by atoms with E-state index in [1.165, 1.54) is 12.1 Å². The third-order valence-electron chi connectivity index (χ3n) is 3.77. The van der Waals surface area contributed by atoms with E-state index in [2.05, 4.69) is 4.98 Å². The van der Waals surface area contributed by atoms with Crippen LogP contribution in [0.2, 0.25) is 0 Å². The first-order valence-corrected chi connectivity index (χ1v) is 7.14. The van der Waals surface area contributed by atoms with E-state index in [-0.39, 0.29) is 11.9 Å². The number of hydrogen-bond donors (Lipinski definition) is 1. The summed E-state index contributed by atoms with van der Waals surface area (Å²) < 4.78 is 21.0. The van der Waals surface area contributed by atoms with Crippen molar-refractivity contribution < 1.29 is 19.0 Å². The van der Waals surface area contributed by atoms with Crippen molar-refractivity contribution in [1.82, 2.24) is 9.55 Å². The Morgan fingerprint density at radius 2 is 2.33 bits per heavy atom. The van der Waals surface area contributed by atoms with Gasteiger partial charge in [-0.2, -0.15) is 0 Å². The number of carbonyl (C=O) groups is 1. The number of hydrogen-bond acceptors (Lipinski definition) is 3. The number of aromatic nitrogens is 2. The first-order valence-electron chi connectivity index (χ1n) is 7.14. The van der Waals surface area contributed by atoms with E-state index in [4.69, 9.17) is 9.84 Å². The molecule has 0 amide bonds. The predicted molar refractivity (Wildman–Crippen MR) is 74.5 cm³/mol. The number of aliphatic carboxylic acids is 1. The molecule has 1 aromatic heterocycles. The van der Waals surface area contributed by atoms with Crippen molar-refractivity contribution in [2.45, 2.75) is 44.9 Å². The largest absolute Gasteiger partial charge is 0.479 e. The van der Waals surface area contributed by atoms with E-state index in [9.17, 15) is 9.18 Å². The SMILES string of the molecule is CCCn1c(C2CCC(C(=O)O)O2)nc2ccc(F)cc21. The van der Waals surface area contributed by atoms with Crippen LogP contribution in [0, 0.1) is 5.82 Å². The summed E-state index contributed by atoms with van der Waals surface area (Å²) in [6.45, 7) is 2.73. The Bertz CT molecular complexity index is 683. The summed E-state index contributed by atoms with van der Waals surface area (Å²) in [6, 6.07) is 4.49. The number of ether oxygens (including phenoxy) is 1. The van der Waals surface area contributed by atoms with E-state index in [1.54, 1.807) is 6.07 Å². The van der Waals surface area contributed by atoms with Crippen LogP contribution in [0.4, 0.5) is 4.39 Å². The van der Waals surface area contributed by atoms with Gasteiger partial charge in [0.05, 0.1) is 11.0 Å². The first kappa shape index (κ1) is 14.0. The smallest absolute Gasteiger partial charge is 0.332 e. The molecule has 0 aliphatic carbocycles. The second kappa shape index (κ2) is 5.44. The highest BCUT2D eigenvalue weighted by Gasteiger charge is 2.34. The number of carboxylic acids is 1. The van der Waals surface area contributed by atoms with Gasteiger partial charge >= 0.3 is 5.97 Å². The summed E-state index contributed by atoms with van der Waals surface area (Å²) in [4.78, 5) is 15.5. The van der Waals surface area contributed by atoms with Crippen LogP contribution >= 0.6 is 0 Å². The number of aryl methyl sites for hydroxylation is 1. The van der Waals surface area contributed by atoms with Gasteiger partial charge in [0.1, 0.15) is 17.7 Å². The number of fused-ring (bicyclic) bond motifs is 1. The van der Waals surface area contributed by atoms with E-state index < -0.39 is 12.1 Å². The maximum atomic E-state index is 13.5. The monoisotopic (exact) mass is 292 g/mol. The molecule has 3 rings (SSSR count). The molecule has 1 saturated heterocycles. The molecule has 2 atom stereocenters. The summed E-state index contributed by atoms with van der Waals surface area (Å²) in [6.07, 6.45) is 0.856. The number of carboxylic acid groups (broad SMARTS) is 1. The number of halogens is 1. The van der Waals surface area contributed by atoms with Crippen molar-refractivity contribution >= 4 is 17.0 Å². The zero-order valence-electron chi connectivity index (χ0n) is 11.8. The minimum Gasteiger partial charge on any atom is -0.479 e. The van der Waals surface area contributed by atoms with Gasteiger partial charge in [-0.1, -0.05) is 6.92 Å². The number of nitrogens with zero attached hydrogens (tertiary/aromatic N) is 2. The number of benzene rings is 1.